The molecule has 0 saturated heterocycles. The van der Waals surface area contributed by atoms with Crippen LogP contribution in [0.2, 0.25) is 0 Å². The first-order chi connectivity index (χ1) is 1.41. The number of hydrogen-bond donors (Lipinski definition) is 0. The molecule has 0 unspecified atom stereocenters. The maximum absolute atomic E-state index is 4.26. The van der Waals surface area contributed by atoms with Gasteiger partial charge in [-0.15, -0.1) is 0 Å². The molecule has 0 aromatic carbocycles. The van der Waals surface area contributed by atoms with Crippen molar-refractivity contribution < 1.29 is 78.2 Å². The molecule has 52 valence electrons. The Labute approximate surface area is 101 Å². The van der Waals surface area contributed by atoms with Gasteiger partial charge in [0, 0.05) is 0 Å². The predicted molar refractivity (Wildman–Crippen MR) is 15.5 cm³/mol. The quantitative estimate of drug-likeness (QED) is 0.640. The first kappa shape index (κ1) is 66.7. The van der Waals surface area contributed by atoms with Crippen molar-refractivity contribution in [1.82, 2.24) is 0 Å². The summed E-state index contributed by atoms with van der Waals surface area (Å²) in [6, 6.07) is 0. The molecule has 0 heterocycles. The third-order valence-corrected chi connectivity index (χ3v) is 0. The Bertz CT molecular complexity index is 12.9. The van der Waals surface area contributed by atoms with Crippen LogP contribution in [-0.2, 0) is 78.2 Å². The zero-order valence-electron chi connectivity index (χ0n) is 3.80. The zero-order chi connectivity index (χ0) is 2.71. The van der Waals surface area contributed by atoms with E-state index in [0.29, 0.717) is 0 Å². The van der Waals surface area contributed by atoms with Gasteiger partial charge in [-0.05, 0) is 0 Å². The van der Waals surface area contributed by atoms with Gasteiger partial charge in [0.25, 0.3) is 0 Å². The van der Waals surface area contributed by atoms with Gasteiger partial charge in [0.15, 0.2) is 0 Å². The van der Waals surface area contributed by atoms with E-state index in [1.807, 2.05) is 0 Å². The molecule has 0 spiro atoms. The fourth-order valence-electron chi connectivity index (χ4n) is 0. The van der Waals surface area contributed by atoms with Gasteiger partial charge in [0.2, 0.25) is 0 Å². The van der Waals surface area contributed by atoms with Gasteiger partial charge in [-0.2, -0.15) is 3.84 Å². The van der Waals surface area contributed by atoms with Crippen molar-refractivity contribution in [2.75, 3.05) is 0 Å². The molecule has 0 aromatic rings. The van der Waals surface area contributed by atoms with Crippen LogP contribution in [0.5, 0.6) is 0 Å². The Morgan fingerprint density at radius 1 is 0.667 bits per heavy atom. The third kappa shape index (κ3) is 146. The second kappa shape index (κ2) is 85.7. The minimum absolute atomic E-state index is 0. The van der Waals surface area contributed by atoms with Crippen LogP contribution < -0.4 is 0 Å². The van der Waals surface area contributed by atoms with Crippen molar-refractivity contribution in [3.63, 3.8) is 0 Å². The Morgan fingerprint density at radius 2 is 0.667 bits per heavy atom. The van der Waals surface area contributed by atoms with Crippen LogP contribution in [0.15, 0.2) is 0 Å². The first-order valence-corrected chi connectivity index (χ1v) is 0.926. The summed E-state index contributed by atoms with van der Waals surface area (Å²) in [7, 11) is 0. The topological polar surface area (TPSA) is 123 Å². The van der Waals surface area contributed by atoms with Gasteiger partial charge in [-0.3, -0.25) is 0 Å². The number of halogens is 2. The molecule has 9 heavy (non-hydrogen) atoms. The molecule has 5 nitrogen and oxygen atoms in total. The molecule has 0 bridgehead atoms. The SMILES string of the molecule is ClOCl.[O-2].[O-2].[O-2].[O-2].[Zr+4].[Zr+4]. The maximum atomic E-state index is 4.26. The Kier molecular flexibility index (Phi) is 636. The van der Waals surface area contributed by atoms with Gasteiger partial charge in [0.05, 0.1) is 23.7 Å². The molecule has 0 saturated carbocycles. The van der Waals surface area contributed by atoms with Crippen molar-refractivity contribution in [3.8, 4) is 0 Å². The van der Waals surface area contributed by atoms with Gasteiger partial charge in [0.1, 0.15) is 0 Å². The summed E-state index contributed by atoms with van der Waals surface area (Å²) in [5.41, 5.74) is 0. The van der Waals surface area contributed by atoms with E-state index in [9.17, 15) is 0 Å². The van der Waals surface area contributed by atoms with Crippen molar-refractivity contribution in [1.29, 1.82) is 0 Å². The largest absolute Gasteiger partial charge is 4.00 e. The van der Waals surface area contributed by atoms with Crippen LogP contribution in [0.3, 0.4) is 0 Å². The van der Waals surface area contributed by atoms with Crippen LogP contribution in [0.25, 0.3) is 0 Å². The van der Waals surface area contributed by atoms with E-state index >= 15 is 0 Å². The Morgan fingerprint density at radius 3 is 0.667 bits per heavy atom. The van der Waals surface area contributed by atoms with Gasteiger partial charge in [-0.1, -0.05) is 0 Å². The van der Waals surface area contributed by atoms with Crippen molar-refractivity contribution in [2.45, 2.75) is 0 Å². The van der Waals surface area contributed by atoms with Crippen LogP contribution in [0.1, 0.15) is 0 Å². The minimum atomic E-state index is 0. The van der Waals surface area contributed by atoms with E-state index in [1.54, 1.807) is 0 Å². The van der Waals surface area contributed by atoms with E-state index < -0.39 is 0 Å². The predicted octanol–water partition coefficient (Wildman–Crippen LogP) is 0.830. The number of rotatable bonds is 0. The van der Waals surface area contributed by atoms with Crippen molar-refractivity contribution >= 4 is 23.7 Å². The molecular formula is Cl2O5Zr2. The van der Waals surface area contributed by atoms with Crippen LogP contribution in [0.4, 0.5) is 0 Å². The minimum Gasteiger partial charge on any atom is -2.00 e. The Hall–Kier alpha value is 2.15. The maximum Gasteiger partial charge on any atom is 4.00 e. The summed E-state index contributed by atoms with van der Waals surface area (Å²) in [5.74, 6) is 0. The molecular weight excluding hydrogens is 333 g/mol. The average molecular weight is 333 g/mol. The second-order valence-electron chi connectivity index (χ2n) is 0.0583. The average Bonchev–Trinajstić information content (AvgIpc) is 0.918. The second-order valence-corrected chi connectivity index (χ2v) is 0.525. The Balaban J connectivity index is -0.00000000133. The summed E-state index contributed by atoms with van der Waals surface area (Å²) in [5, 5.41) is 0. The van der Waals surface area contributed by atoms with Crippen molar-refractivity contribution in [2.24, 2.45) is 0 Å². The molecule has 0 fully saturated rings. The standard InChI is InChI=1S/Cl2O.4O.2Zr/c1-3-2;;;;;;/q;4*-2;2*+4. The molecule has 0 aliphatic carbocycles. The monoisotopic (exact) mass is 330 g/mol. The van der Waals surface area contributed by atoms with E-state index in [-0.39, 0.29) is 74.3 Å². The fraction of sp³-hybridized carbons (Fsp3) is 0. The molecule has 0 atom stereocenters. The van der Waals surface area contributed by atoms with E-state index in [1.165, 1.54) is 0 Å². The van der Waals surface area contributed by atoms with Crippen LogP contribution in [-0.4, -0.2) is 0 Å². The van der Waals surface area contributed by atoms with Gasteiger partial charge >= 0.3 is 52.4 Å². The molecule has 0 aliphatic rings. The van der Waals surface area contributed by atoms with E-state index in [0.717, 1.165) is 0 Å². The molecule has 0 N–H and O–H groups in total. The molecule has 0 amide bonds. The van der Waals surface area contributed by atoms with Crippen molar-refractivity contribution in [3.05, 3.63) is 0 Å². The van der Waals surface area contributed by atoms with Gasteiger partial charge in [-0.25, -0.2) is 0 Å². The zero-order valence-corrected chi connectivity index (χ0v) is 10.2. The summed E-state index contributed by atoms with van der Waals surface area (Å²) >= 11 is 8.53. The summed E-state index contributed by atoms with van der Waals surface area (Å²) < 4.78 is 3.19. The van der Waals surface area contributed by atoms with E-state index in [2.05, 4.69) is 27.6 Å². The molecule has 0 aromatic heterocycles. The van der Waals surface area contributed by atoms with Gasteiger partial charge < -0.3 is 21.9 Å². The number of hydrogen-bond acceptors (Lipinski definition) is 1. The summed E-state index contributed by atoms with van der Waals surface area (Å²) in [4.78, 5) is 0. The fourth-order valence-corrected chi connectivity index (χ4v) is 0. The molecule has 9 heteroatoms. The molecule has 0 aliphatic heterocycles. The molecule has 0 radical (unpaired) electrons. The normalized spacial score (nSPS) is 2.00. The first-order valence-electron chi connectivity index (χ1n) is 0.309. The smallest absolute Gasteiger partial charge is 2.00 e. The van der Waals surface area contributed by atoms with E-state index in [4.69, 9.17) is 0 Å². The van der Waals surface area contributed by atoms with Crippen LogP contribution in [0, 0.1) is 0 Å². The van der Waals surface area contributed by atoms with Crippen LogP contribution >= 0.6 is 23.7 Å². The third-order valence-electron chi connectivity index (χ3n) is 0. The summed E-state index contributed by atoms with van der Waals surface area (Å²) in [6.07, 6.45) is 0. The molecule has 0 rings (SSSR count). The summed E-state index contributed by atoms with van der Waals surface area (Å²) in [6.45, 7) is 0.